The maximum Gasteiger partial charge on any atom is 0.352 e. The van der Waals surface area contributed by atoms with Crippen molar-refractivity contribution < 1.29 is 0 Å². The van der Waals surface area contributed by atoms with Crippen LogP contribution in [0.5, 0.6) is 0 Å². The molecular formula is C9H8NS+. The lowest BCUT2D eigenvalue weighted by Crippen LogP contribution is -1.74. The third-order valence-electron chi connectivity index (χ3n) is 1.33. The van der Waals surface area contributed by atoms with Crippen molar-refractivity contribution in [1.29, 1.82) is 0 Å². The van der Waals surface area contributed by atoms with Crippen LogP contribution in [0.4, 0.5) is 0 Å². The van der Waals surface area contributed by atoms with Gasteiger partial charge in [0.15, 0.2) is 0 Å². The van der Waals surface area contributed by atoms with Crippen LogP contribution in [-0.4, -0.2) is 0 Å². The molecule has 0 aromatic heterocycles. The topological polar surface area (TPSA) is 4.36 Å². The summed E-state index contributed by atoms with van der Waals surface area (Å²) in [5, 5.41) is 1.58. The molecule has 0 amide bonds. The fourth-order valence-corrected chi connectivity index (χ4v) is 1.01. The molecule has 0 aliphatic heterocycles. The highest BCUT2D eigenvalue weighted by molar-refractivity contribution is 7.83. The van der Waals surface area contributed by atoms with Crippen molar-refractivity contribution in [2.24, 2.45) is 0 Å². The van der Waals surface area contributed by atoms with Crippen LogP contribution in [0.15, 0.2) is 35.7 Å². The molecule has 0 spiro atoms. The van der Waals surface area contributed by atoms with Crippen molar-refractivity contribution in [3.05, 3.63) is 46.1 Å². The Morgan fingerprint density at radius 1 is 1.36 bits per heavy atom. The summed E-state index contributed by atoms with van der Waals surface area (Å²) >= 11 is 3.97. The highest BCUT2D eigenvalue weighted by Gasteiger charge is 2.06. The largest absolute Gasteiger partial charge is 0.352 e. The van der Waals surface area contributed by atoms with Gasteiger partial charge >= 0.3 is 5.70 Å². The Morgan fingerprint density at radius 2 is 2.00 bits per heavy atom. The van der Waals surface area contributed by atoms with Crippen molar-refractivity contribution >= 4 is 18.3 Å². The summed E-state index contributed by atoms with van der Waals surface area (Å²) in [6.07, 6.45) is 0. The van der Waals surface area contributed by atoms with Crippen LogP contribution >= 0.6 is 12.6 Å². The lowest BCUT2D eigenvalue weighted by atomic mass is 10.2. The Kier molecular flexibility index (Phi) is 2.76. The molecule has 1 nitrogen and oxygen atoms in total. The lowest BCUT2D eigenvalue weighted by molar-refractivity contribution is 1.63. The van der Waals surface area contributed by atoms with E-state index < -0.39 is 0 Å². The molecule has 0 fully saturated rings. The quantitative estimate of drug-likeness (QED) is 0.605. The maximum absolute atomic E-state index is 5.12. The first-order valence-electron chi connectivity index (χ1n) is 3.19. The average Bonchev–Trinajstić information content (AvgIpc) is 2.09. The molecule has 0 aliphatic carbocycles. The van der Waals surface area contributed by atoms with E-state index in [0.29, 0.717) is 5.70 Å². The molecule has 0 radical (unpaired) electrons. The summed E-state index contributed by atoms with van der Waals surface area (Å²) in [6, 6.07) is 9.66. The van der Waals surface area contributed by atoms with Gasteiger partial charge in [0.05, 0.1) is 11.0 Å². The summed E-state index contributed by atoms with van der Waals surface area (Å²) in [5.41, 5.74) is 1.67. The minimum absolute atomic E-state index is 0.689. The Hall–Kier alpha value is -1.20. The van der Waals surface area contributed by atoms with E-state index in [9.17, 15) is 0 Å². The summed E-state index contributed by atoms with van der Waals surface area (Å²) < 4.78 is 0. The summed E-state index contributed by atoms with van der Waals surface area (Å²) in [4.78, 5) is 3.56. The van der Waals surface area contributed by atoms with Crippen LogP contribution in [0.2, 0.25) is 0 Å². The number of nitrogens with zero attached hydrogens (tertiary/aromatic N) is 1. The molecule has 2 heteroatoms. The molecule has 0 N–H and O–H groups in total. The van der Waals surface area contributed by atoms with Crippen molar-refractivity contribution in [3.8, 4) is 6.57 Å². The summed E-state index contributed by atoms with van der Waals surface area (Å²) in [6.45, 7) is 5.12. The molecule has 0 heterocycles. The van der Waals surface area contributed by atoms with Crippen LogP contribution in [0.1, 0.15) is 5.56 Å². The van der Waals surface area contributed by atoms with Gasteiger partial charge in [-0.05, 0) is 17.0 Å². The fraction of sp³-hybridized carbons (Fsp3) is 0. The fourth-order valence-electron chi connectivity index (χ4n) is 0.791. The predicted molar refractivity (Wildman–Crippen MR) is 51.7 cm³/mol. The average molecular weight is 162 g/mol. The Bertz CT molecular complexity index is 295. The summed E-state index contributed by atoms with van der Waals surface area (Å²) in [7, 11) is 0. The molecule has 1 aromatic rings. The molecule has 0 unspecified atom stereocenters. The third kappa shape index (κ3) is 1.86. The van der Waals surface area contributed by atoms with Crippen molar-refractivity contribution in [3.63, 3.8) is 0 Å². The van der Waals surface area contributed by atoms with E-state index in [1.54, 1.807) is 5.41 Å². The Balaban J connectivity index is 3.05. The molecule has 0 bridgehead atoms. The van der Waals surface area contributed by atoms with Crippen LogP contribution in [0, 0.1) is 6.57 Å². The second kappa shape index (κ2) is 3.85. The zero-order valence-corrected chi connectivity index (χ0v) is 6.83. The van der Waals surface area contributed by atoms with Crippen molar-refractivity contribution in [1.82, 2.24) is 0 Å². The maximum atomic E-state index is 5.12. The lowest BCUT2D eigenvalue weighted by Gasteiger charge is -1.86. The van der Waals surface area contributed by atoms with Gasteiger partial charge in [-0.25, -0.2) is 0 Å². The van der Waals surface area contributed by atoms with Crippen LogP contribution in [0.3, 0.4) is 0 Å². The van der Waals surface area contributed by atoms with Gasteiger partial charge in [-0.1, -0.05) is 18.2 Å². The second-order valence-corrected chi connectivity index (χ2v) is 2.27. The number of hydrogen-bond acceptors (Lipinski definition) is 1. The van der Waals surface area contributed by atoms with Gasteiger partial charge in [0.1, 0.15) is 0 Å². The minimum atomic E-state index is 0.689. The van der Waals surface area contributed by atoms with Gasteiger partial charge in [0, 0.05) is 0 Å². The van der Waals surface area contributed by atoms with E-state index in [0.717, 1.165) is 5.56 Å². The van der Waals surface area contributed by atoms with Gasteiger partial charge in [-0.3, -0.25) is 0 Å². The zero-order chi connectivity index (χ0) is 8.10. The van der Waals surface area contributed by atoms with Crippen LogP contribution in [-0.2, 0) is 0 Å². The molecule has 1 aromatic carbocycles. The molecule has 1 rings (SSSR count). The van der Waals surface area contributed by atoms with E-state index in [1.807, 2.05) is 30.3 Å². The molecule has 11 heavy (non-hydrogen) atoms. The molecule has 0 aliphatic rings. The zero-order valence-electron chi connectivity index (χ0n) is 5.94. The first kappa shape index (κ1) is 7.90. The van der Waals surface area contributed by atoms with Gasteiger partial charge in [0.25, 0.3) is 6.57 Å². The highest BCUT2D eigenvalue weighted by atomic mass is 32.1. The SMILES string of the molecule is C#[N+]/C(=C\S)c1ccccc1. The van der Waals surface area contributed by atoms with E-state index >= 15 is 0 Å². The van der Waals surface area contributed by atoms with E-state index in [-0.39, 0.29) is 0 Å². The van der Waals surface area contributed by atoms with Gasteiger partial charge in [-0.15, -0.1) is 12.6 Å². The first-order chi connectivity index (χ1) is 5.38. The first-order valence-corrected chi connectivity index (χ1v) is 3.71. The van der Waals surface area contributed by atoms with Crippen LogP contribution in [0.25, 0.3) is 10.5 Å². The van der Waals surface area contributed by atoms with Crippen molar-refractivity contribution in [2.75, 3.05) is 0 Å². The standard InChI is InChI=1S/C9H7NS/c1-10-9(7-11)8-5-3-2-4-6-8/h1-7H/p+1/b9-7-. The Morgan fingerprint density at radius 3 is 2.45 bits per heavy atom. The molecule has 0 atom stereocenters. The molecule has 0 saturated carbocycles. The number of thiol groups is 1. The smallest absolute Gasteiger partial charge is 0.143 e. The predicted octanol–water partition coefficient (Wildman–Crippen LogP) is 2.88. The van der Waals surface area contributed by atoms with E-state index in [2.05, 4.69) is 17.5 Å². The number of benzene rings is 1. The van der Waals surface area contributed by atoms with E-state index in [4.69, 9.17) is 6.57 Å². The van der Waals surface area contributed by atoms with Gasteiger partial charge < -0.3 is 0 Å². The van der Waals surface area contributed by atoms with Crippen LogP contribution < -0.4 is 0 Å². The normalized spacial score (nSPS) is 10.7. The monoisotopic (exact) mass is 162 g/mol. The molecule has 0 saturated heterocycles. The molecule has 54 valence electrons. The molecular weight excluding hydrogens is 154 g/mol. The minimum Gasteiger partial charge on any atom is -0.143 e. The summed E-state index contributed by atoms with van der Waals surface area (Å²) in [5.74, 6) is 0. The number of hydrogen-bond donors (Lipinski definition) is 1. The number of rotatable bonds is 1. The van der Waals surface area contributed by atoms with E-state index in [1.165, 1.54) is 0 Å². The van der Waals surface area contributed by atoms with Crippen molar-refractivity contribution in [2.45, 2.75) is 0 Å². The van der Waals surface area contributed by atoms with Gasteiger partial charge in [-0.2, -0.15) is 0 Å². The third-order valence-corrected chi connectivity index (χ3v) is 1.58. The van der Waals surface area contributed by atoms with Gasteiger partial charge in [0.2, 0.25) is 0 Å². The highest BCUT2D eigenvalue weighted by Crippen LogP contribution is 2.15. The second-order valence-electron chi connectivity index (χ2n) is 2.01. The Labute approximate surface area is 71.6 Å².